The van der Waals surface area contributed by atoms with Crippen molar-refractivity contribution in [2.24, 2.45) is 5.73 Å². The summed E-state index contributed by atoms with van der Waals surface area (Å²) in [4.78, 5) is 0. The number of halogens is 2. The zero-order valence-electron chi connectivity index (χ0n) is 9.68. The van der Waals surface area contributed by atoms with E-state index in [4.69, 9.17) is 10.5 Å². The van der Waals surface area contributed by atoms with Crippen LogP contribution >= 0.6 is 28.3 Å². The van der Waals surface area contributed by atoms with E-state index in [1.165, 1.54) is 0 Å². The number of nitrogens with two attached hydrogens (primary N) is 1. The van der Waals surface area contributed by atoms with Crippen LogP contribution in [0.15, 0.2) is 16.6 Å². The zero-order chi connectivity index (χ0) is 12.3. The molecule has 2 atom stereocenters. The molecule has 6 heteroatoms. The third-order valence-electron chi connectivity index (χ3n) is 2.26. The second kappa shape index (κ2) is 7.06. The van der Waals surface area contributed by atoms with Gasteiger partial charge in [-0.3, -0.25) is 0 Å². The average molecular weight is 327 g/mol. The van der Waals surface area contributed by atoms with Gasteiger partial charge in [0.1, 0.15) is 0 Å². The van der Waals surface area contributed by atoms with Gasteiger partial charge < -0.3 is 20.7 Å². The van der Waals surface area contributed by atoms with E-state index in [2.05, 4.69) is 15.9 Å². The third kappa shape index (κ3) is 4.03. The smallest absolute Gasteiger partial charge is 0.172 e. The summed E-state index contributed by atoms with van der Waals surface area (Å²) in [5.74, 6) is 0.409. The van der Waals surface area contributed by atoms with Crippen LogP contribution in [0.1, 0.15) is 25.5 Å². The summed E-state index contributed by atoms with van der Waals surface area (Å²) in [5, 5.41) is 19.1. The molecule has 17 heavy (non-hydrogen) atoms. The molecule has 1 rings (SSSR count). The highest BCUT2D eigenvalue weighted by Crippen LogP contribution is 2.37. The monoisotopic (exact) mass is 325 g/mol. The molecule has 4 nitrogen and oxygen atoms in total. The number of ether oxygens (including phenoxy) is 1. The van der Waals surface area contributed by atoms with Crippen molar-refractivity contribution < 1.29 is 14.9 Å². The lowest BCUT2D eigenvalue weighted by Crippen LogP contribution is -2.23. The van der Waals surface area contributed by atoms with Crippen molar-refractivity contribution in [2.75, 3.05) is 6.61 Å². The first-order valence-corrected chi connectivity index (χ1v) is 5.85. The summed E-state index contributed by atoms with van der Waals surface area (Å²) >= 11 is 3.22. The van der Waals surface area contributed by atoms with Crippen molar-refractivity contribution in [1.82, 2.24) is 0 Å². The molecule has 0 radical (unpaired) electrons. The van der Waals surface area contributed by atoms with Gasteiger partial charge in [0.05, 0.1) is 23.2 Å². The molecular weight excluding hydrogens is 309 g/mol. The topological polar surface area (TPSA) is 75.7 Å². The van der Waals surface area contributed by atoms with Crippen molar-refractivity contribution in [3.63, 3.8) is 0 Å². The molecule has 1 aromatic carbocycles. The van der Waals surface area contributed by atoms with E-state index < -0.39 is 12.1 Å². The Morgan fingerprint density at radius 3 is 2.53 bits per heavy atom. The fourth-order valence-corrected chi connectivity index (χ4v) is 1.79. The van der Waals surface area contributed by atoms with E-state index in [0.717, 1.165) is 0 Å². The Balaban J connectivity index is 0.00000256. The van der Waals surface area contributed by atoms with Gasteiger partial charge in [-0.25, -0.2) is 0 Å². The van der Waals surface area contributed by atoms with E-state index in [0.29, 0.717) is 22.4 Å². The number of phenols is 1. The normalized spacial score (nSPS) is 13.7. The first kappa shape index (κ1) is 16.5. The first-order chi connectivity index (χ1) is 7.47. The molecule has 1 aromatic rings. The number of benzene rings is 1. The Hall–Kier alpha value is -0.490. The van der Waals surface area contributed by atoms with Gasteiger partial charge in [-0.1, -0.05) is 0 Å². The minimum absolute atomic E-state index is 0. The van der Waals surface area contributed by atoms with Crippen LogP contribution in [0.3, 0.4) is 0 Å². The first-order valence-electron chi connectivity index (χ1n) is 5.06. The number of aromatic hydroxyl groups is 1. The summed E-state index contributed by atoms with van der Waals surface area (Å²) in [6.45, 7) is 3.90. The molecule has 0 aliphatic rings. The summed E-state index contributed by atoms with van der Waals surface area (Å²) < 4.78 is 5.78. The van der Waals surface area contributed by atoms with Crippen LogP contribution in [-0.4, -0.2) is 22.9 Å². The number of hydrogen-bond donors (Lipinski definition) is 3. The van der Waals surface area contributed by atoms with Gasteiger partial charge in [0, 0.05) is 0 Å². The van der Waals surface area contributed by atoms with Gasteiger partial charge in [0.25, 0.3) is 0 Å². The Morgan fingerprint density at radius 2 is 2.06 bits per heavy atom. The average Bonchev–Trinajstić information content (AvgIpc) is 2.23. The van der Waals surface area contributed by atoms with Crippen molar-refractivity contribution in [3.8, 4) is 11.5 Å². The Kier molecular flexibility index (Phi) is 6.85. The minimum Gasteiger partial charge on any atom is -0.503 e. The molecule has 98 valence electrons. The molecule has 0 amide bonds. The number of rotatable bonds is 4. The van der Waals surface area contributed by atoms with Gasteiger partial charge in [0.2, 0.25) is 0 Å². The Bertz CT molecular complexity index is 374. The maximum Gasteiger partial charge on any atom is 0.172 e. The zero-order valence-corrected chi connectivity index (χ0v) is 12.1. The maximum absolute atomic E-state index is 9.70. The van der Waals surface area contributed by atoms with Gasteiger partial charge >= 0.3 is 0 Å². The van der Waals surface area contributed by atoms with E-state index >= 15 is 0 Å². The van der Waals surface area contributed by atoms with Crippen LogP contribution in [0.25, 0.3) is 0 Å². The highest BCUT2D eigenvalue weighted by atomic mass is 79.9. The van der Waals surface area contributed by atoms with Crippen molar-refractivity contribution in [3.05, 3.63) is 22.2 Å². The summed E-state index contributed by atoms with van der Waals surface area (Å²) in [6, 6.07) is 2.81. The Morgan fingerprint density at radius 1 is 1.47 bits per heavy atom. The summed E-state index contributed by atoms with van der Waals surface area (Å²) in [7, 11) is 0. The maximum atomic E-state index is 9.70. The van der Waals surface area contributed by atoms with Crippen LogP contribution in [0.4, 0.5) is 0 Å². The van der Waals surface area contributed by atoms with E-state index in [1.807, 2.05) is 6.92 Å². The minimum atomic E-state index is -0.661. The van der Waals surface area contributed by atoms with E-state index in [9.17, 15) is 10.2 Å². The SMILES string of the molecule is CCOc1cc([C@H](N)[C@@H](C)O)cc(Br)c1O.Cl. The van der Waals surface area contributed by atoms with Crippen LogP contribution in [0.5, 0.6) is 11.5 Å². The van der Waals surface area contributed by atoms with Gasteiger partial charge in [-0.2, -0.15) is 0 Å². The lowest BCUT2D eigenvalue weighted by atomic mass is 10.0. The molecule has 0 bridgehead atoms. The van der Waals surface area contributed by atoms with Gasteiger partial charge in [-0.05, 0) is 47.5 Å². The number of hydrogen-bond acceptors (Lipinski definition) is 4. The van der Waals surface area contributed by atoms with Crippen molar-refractivity contribution >= 4 is 28.3 Å². The molecule has 0 aliphatic heterocycles. The second-order valence-electron chi connectivity index (χ2n) is 3.55. The summed E-state index contributed by atoms with van der Waals surface area (Å²) in [6.07, 6.45) is -0.661. The van der Waals surface area contributed by atoms with Crippen molar-refractivity contribution in [1.29, 1.82) is 0 Å². The van der Waals surface area contributed by atoms with Crippen LogP contribution < -0.4 is 10.5 Å². The highest BCUT2D eigenvalue weighted by Gasteiger charge is 2.16. The van der Waals surface area contributed by atoms with E-state index in [1.54, 1.807) is 19.1 Å². The molecule has 0 saturated carbocycles. The van der Waals surface area contributed by atoms with Gasteiger partial charge in [0.15, 0.2) is 11.5 Å². The largest absolute Gasteiger partial charge is 0.503 e. The molecule has 0 aromatic heterocycles. The quantitative estimate of drug-likeness (QED) is 0.794. The van der Waals surface area contributed by atoms with E-state index in [-0.39, 0.29) is 18.2 Å². The fourth-order valence-electron chi connectivity index (χ4n) is 1.33. The molecule has 0 aliphatic carbocycles. The van der Waals surface area contributed by atoms with Crippen LogP contribution in [-0.2, 0) is 0 Å². The molecule has 0 unspecified atom stereocenters. The highest BCUT2D eigenvalue weighted by molar-refractivity contribution is 9.10. The second-order valence-corrected chi connectivity index (χ2v) is 4.40. The molecule has 0 saturated heterocycles. The predicted octanol–water partition coefficient (Wildman–Crippen LogP) is 2.36. The Labute approximate surface area is 115 Å². The predicted molar refractivity (Wildman–Crippen MR) is 72.8 cm³/mol. The molecule has 4 N–H and O–H groups in total. The lowest BCUT2D eigenvalue weighted by molar-refractivity contribution is 0.164. The molecule has 0 fully saturated rings. The molecular formula is C11H17BrClNO3. The van der Waals surface area contributed by atoms with Crippen LogP contribution in [0, 0.1) is 0 Å². The molecule has 0 spiro atoms. The third-order valence-corrected chi connectivity index (χ3v) is 2.86. The standard InChI is InChI=1S/C11H16BrNO3.ClH/c1-3-16-9-5-7(10(13)6(2)14)4-8(12)11(9)15;/h4-6,10,14-15H,3,13H2,1-2H3;1H/t6-,10-;/m1./s1. The van der Waals surface area contributed by atoms with Crippen molar-refractivity contribution in [2.45, 2.75) is 26.0 Å². The lowest BCUT2D eigenvalue weighted by Gasteiger charge is -2.17. The molecule has 0 heterocycles. The fraction of sp³-hybridized carbons (Fsp3) is 0.455. The van der Waals surface area contributed by atoms with Gasteiger partial charge in [-0.15, -0.1) is 12.4 Å². The number of phenolic OH excluding ortho intramolecular Hbond substituents is 1. The van der Waals surface area contributed by atoms with Crippen LogP contribution in [0.2, 0.25) is 0 Å². The number of aliphatic hydroxyl groups excluding tert-OH is 1. The summed E-state index contributed by atoms with van der Waals surface area (Å²) in [5.41, 5.74) is 6.52. The number of aliphatic hydroxyl groups is 1.